The molecule has 20 heavy (non-hydrogen) atoms. The molecule has 0 unspecified atom stereocenters. The van der Waals surface area contributed by atoms with Gasteiger partial charge in [0, 0.05) is 17.9 Å². The maximum Gasteiger partial charge on any atom is 0.260 e. The van der Waals surface area contributed by atoms with Crippen LogP contribution < -0.4 is 10.6 Å². The number of rotatable bonds is 3. The van der Waals surface area contributed by atoms with E-state index in [0.29, 0.717) is 23.5 Å². The zero-order chi connectivity index (χ0) is 14.7. The predicted octanol–water partition coefficient (Wildman–Crippen LogP) is 2.34. The fraction of sp³-hybridized carbons (Fsp3) is 0.267. The maximum absolute atomic E-state index is 12.7. The number of nitrogen functional groups attached to an aromatic ring is 1. The summed E-state index contributed by atoms with van der Waals surface area (Å²) in [5.74, 6) is -0.0893. The minimum Gasteiger partial charge on any atom is -0.399 e. The quantitative estimate of drug-likeness (QED) is 0.869. The minimum absolute atomic E-state index is 0.0893. The molecular formula is C15H18N4O. The number of benzene rings is 1. The van der Waals surface area contributed by atoms with Crippen molar-refractivity contribution in [2.24, 2.45) is 0 Å². The topological polar surface area (TPSA) is 72.1 Å². The first kappa shape index (κ1) is 14.0. The highest BCUT2D eigenvalue weighted by atomic mass is 16.2. The van der Waals surface area contributed by atoms with Crippen LogP contribution in [0, 0.1) is 13.8 Å². The van der Waals surface area contributed by atoms with E-state index in [1.54, 1.807) is 30.0 Å². The van der Waals surface area contributed by atoms with Crippen LogP contribution in [0.15, 0.2) is 30.3 Å². The van der Waals surface area contributed by atoms with E-state index in [0.717, 1.165) is 11.4 Å². The molecule has 2 rings (SSSR count). The monoisotopic (exact) mass is 270 g/mol. The summed E-state index contributed by atoms with van der Waals surface area (Å²) in [6.07, 6.45) is 0. The van der Waals surface area contributed by atoms with E-state index in [1.165, 1.54) is 0 Å². The summed E-state index contributed by atoms with van der Waals surface area (Å²) in [4.78, 5) is 14.4. The average molecular weight is 270 g/mol. The molecule has 0 aliphatic heterocycles. The number of nitrogens with zero attached hydrogens (tertiary/aromatic N) is 3. The van der Waals surface area contributed by atoms with Gasteiger partial charge in [0.15, 0.2) is 0 Å². The van der Waals surface area contributed by atoms with Crippen molar-refractivity contribution in [3.63, 3.8) is 0 Å². The van der Waals surface area contributed by atoms with Crippen LogP contribution in [0.3, 0.4) is 0 Å². The maximum atomic E-state index is 12.7. The summed E-state index contributed by atoms with van der Waals surface area (Å²) in [5, 5.41) is 7.96. The lowest BCUT2D eigenvalue weighted by Gasteiger charge is -2.22. The number of carbonyl (C=O) groups is 1. The number of aromatic nitrogens is 2. The van der Waals surface area contributed by atoms with Gasteiger partial charge in [-0.3, -0.25) is 4.79 Å². The van der Waals surface area contributed by atoms with Gasteiger partial charge in [0.05, 0.1) is 17.0 Å². The Hall–Kier alpha value is -2.43. The third-order valence-electron chi connectivity index (χ3n) is 3.07. The molecular weight excluding hydrogens is 252 g/mol. The molecule has 104 valence electrons. The first-order valence-electron chi connectivity index (χ1n) is 6.51. The lowest BCUT2D eigenvalue weighted by molar-refractivity contribution is 0.0987. The molecule has 1 aromatic carbocycles. The molecule has 5 heteroatoms. The molecule has 5 nitrogen and oxygen atoms in total. The van der Waals surface area contributed by atoms with Crippen LogP contribution in [0.5, 0.6) is 0 Å². The SMILES string of the molecule is CCN(C(=O)c1cc(C)nnc1C)c1cccc(N)c1. The van der Waals surface area contributed by atoms with Crippen LogP contribution in [0.2, 0.25) is 0 Å². The average Bonchev–Trinajstić information content (AvgIpc) is 2.42. The zero-order valence-electron chi connectivity index (χ0n) is 11.9. The Kier molecular flexibility index (Phi) is 3.98. The van der Waals surface area contributed by atoms with Gasteiger partial charge in [0.25, 0.3) is 5.91 Å². The molecule has 0 spiro atoms. The van der Waals surface area contributed by atoms with Crippen LogP contribution in [0.4, 0.5) is 11.4 Å². The number of nitrogens with two attached hydrogens (primary N) is 1. The molecule has 2 aromatic rings. The van der Waals surface area contributed by atoms with E-state index >= 15 is 0 Å². The lowest BCUT2D eigenvalue weighted by Crippen LogP contribution is -2.31. The molecule has 0 aliphatic carbocycles. The van der Waals surface area contributed by atoms with E-state index in [4.69, 9.17) is 5.73 Å². The number of hydrogen-bond acceptors (Lipinski definition) is 4. The van der Waals surface area contributed by atoms with Gasteiger partial charge in [-0.25, -0.2) is 0 Å². The van der Waals surface area contributed by atoms with Crippen molar-refractivity contribution in [2.75, 3.05) is 17.2 Å². The largest absolute Gasteiger partial charge is 0.399 e. The van der Waals surface area contributed by atoms with E-state index in [2.05, 4.69) is 10.2 Å². The van der Waals surface area contributed by atoms with Gasteiger partial charge in [-0.15, -0.1) is 0 Å². The van der Waals surface area contributed by atoms with Crippen LogP contribution in [-0.2, 0) is 0 Å². The Balaban J connectivity index is 2.41. The van der Waals surface area contributed by atoms with E-state index in [-0.39, 0.29) is 5.91 Å². The molecule has 0 fully saturated rings. The summed E-state index contributed by atoms with van der Waals surface area (Å²) in [5.41, 5.74) is 9.12. The van der Waals surface area contributed by atoms with Gasteiger partial charge >= 0.3 is 0 Å². The molecule has 0 saturated carbocycles. The molecule has 2 N–H and O–H groups in total. The van der Waals surface area contributed by atoms with Crippen molar-refractivity contribution in [1.29, 1.82) is 0 Å². The second-order valence-electron chi connectivity index (χ2n) is 4.63. The number of amides is 1. The predicted molar refractivity (Wildman–Crippen MR) is 79.7 cm³/mol. The number of anilines is 2. The highest BCUT2D eigenvalue weighted by Crippen LogP contribution is 2.20. The molecule has 0 bridgehead atoms. The van der Waals surface area contributed by atoms with Crippen molar-refractivity contribution in [1.82, 2.24) is 10.2 Å². The van der Waals surface area contributed by atoms with Crippen LogP contribution in [-0.4, -0.2) is 22.6 Å². The highest BCUT2D eigenvalue weighted by molar-refractivity contribution is 6.06. The minimum atomic E-state index is -0.0893. The van der Waals surface area contributed by atoms with Crippen LogP contribution in [0.25, 0.3) is 0 Å². The highest BCUT2D eigenvalue weighted by Gasteiger charge is 2.19. The summed E-state index contributed by atoms with van der Waals surface area (Å²) >= 11 is 0. The molecule has 0 radical (unpaired) electrons. The number of carbonyl (C=O) groups excluding carboxylic acids is 1. The van der Waals surface area contributed by atoms with Gasteiger partial charge in [0.2, 0.25) is 0 Å². The number of aryl methyl sites for hydroxylation is 2. The fourth-order valence-electron chi connectivity index (χ4n) is 2.05. The molecule has 1 amide bonds. The Labute approximate surface area is 118 Å². The summed E-state index contributed by atoms with van der Waals surface area (Å²) in [6, 6.07) is 9.06. The normalized spacial score (nSPS) is 10.3. The molecule has 1 heterocycles. The fourth-order valence-corrected chi connectivity index (χ4v) is 2.05. The summed E-state index contributed by atoms with van der Waals surface area (Å²) < 4.78 is 0. The lowest BCUT2D eigenvalue weighted by atomic mass is 10.1. The first-order valence-corrected chi connectivity index (χ1v) is 6.51. The Morgan fingerprint density at radius 1 is 1.25 bits per heavy atom. The van der Waals surface area contributed by atoms with Crippen molar-refractivity contribution in [2.45, 2.75) is 20.8 Å². The van der Waals surface area contributed by atoms with Crippen LogP contribution in [0.1, 0.15) is 28.7 Å². The smallest absolute Gasteiger partial charge is 0.260 e. The standard InChI is InChI=1S/C15H18N4O/c1-4-19(13-7-5-6-12(16)9-13)15(20)14-8-10(2)17-18-11(14)3/h5-9H,4,16H2,1-3H3. The van der Waals surface area contributed by atoms with Crippen molar-refractivity contribution in [3.05, 3.63) is 47.3 Å². The van der Waals surface area contributed by atoms with E-state index in [9.17, 15) is 4.79 Å². The molecule has 0 aliphatic rings. The van der Waals surface area contributed by atoms with Crippen LogP contribution >= 0.6 is 0 Å². The number of hydrogen-bond donors (Lipinski definition) is 1. The second-order valence-corrected chi connectivity index (χ2v) is 4.63. The Morgan fingerprint density at radius 3 is 2.65 bits per heavy atom. The van der Waals surface area contributed by atoms with Gasteiger partial charge < -0.3 is 10.6 Å². The van der Waals surface area contributed by atoms with E-state index in [1.807, 2.05) is 26.0 Å². The summed E-state index contributed by atoms with van der Waals surface area (Å²) in [6.45, 7) is 6.09. The van der Waals surface area contributed by atoms with Gasteiger partial charge in [-0.1, -0.05) is 6.07 Å². The molecule has 0 saturated heterocycles. The van der Waals surface area contributed by atoms with E-state index < -0.39 is 0 Å². The third kappa shape index (κ3) is 2.77. The Bertz CT molecular complexity index is 640. The summed E-state index contributed by atoms with van der Waals surface area (Å²) in [7, 11) is 0. The van der Waals surface area contributed by atoms with Crippen molar-refractivity contribution < 1.29 is 4.79 Å². The molecule has 1 aromatic heterocycles. The van der Waals surface area contributed by atoms with Gasteiger partial charge in [0.1, 0.15) is 0 Å². The molecule has 0 atom stereocenters. The third-order valence-corrected chi connectivity index (χ3v) is 3.07. The second kappa shape index (κ2) is 5.69. The van der Waals surface area contributed by atoms with Gasteiger partial charge in [-0.2, -0.15) is 10.2 Å². The Morgan fingerprint density at radius 2 is 2.00 bits per heavy atom. The van der Waals surface area contributed by atoms with Crippen molar-refractivity contribution in [3.8, 4) is 0 Å². The van der Waals surface area contributed by atoms with Gasteiger partial charge in [-0.05, 0) is 45.0 Å². The first-order chi connectivity index (χ1) is 9.52. The zero-order valence-corrected chi connectivity index (χ0v) is 11.9. The van der Waals surface area contributed by atoms with Crippen molar-refractivity contribution >= 4 is 17.3 Å².